The van der Waals surface area contributed by atoms with Gasteiger partial charge >= 0.3 is 0 Å². The van der Waals surface area contributed by atoms with E-state index in [0.717, 1.165) is 131 Å². The average Bonchev–Trinajstić information content (AvgIpc) is 1.60. The Kier molecular flexibility index (Phi) is 9.93. The molecule has 0 saturated heterocycles. The highest BCUT2D eigenvalue weighted by Crippen LogP contribution is 2.42. The van der Waals surface area contributed by atoms with E-state index in [9.17, 15) is 0 Å². The Bertz CT molecular complexity index is 5970. The topological polar surface area (TPSA) is 133 Å². The molecule has 0 aliphatic rings. The summed E-state index contributed by atoms with van der Waals surface area (Å²) < 4.78 is 13.0. The Morgan fingerprint density at radius 3 is 0.711 bits per heavy atom. The lowest BCUT2D eigenvalue weighted by Crippen LogP contribution is -2.13. The maximum Gasteiger partial charge on any atom is 0.241 e. The van der Waals surface area contributed by atoms with Crippen molar-refractivity contribution in [3.8, 4) is 47.2 Å². The van der Waals surface area contributed by atoms with Crippen molar-refractivity contribution in [2.45, 2.75) is 0 Å². The summed E-state index contributed by atoms with van der Waals surface area (Å²) in [5, 5.41) is 13.0. The molecule has 0 radical (unpaired) electrons. The minimum atomic E-state index is 0.316. The Morgan fingerprint density at radius 1 is 0.178 bits per heavy atom. The monoisotopic (exact) mass is 1150 g/mol. The smallest absolute Gasteiger partial charge is 0.241 e. The number of benzene rings is 11. The molecule has 0 N–H and O–H groups in total. The van der Waals surface area contributed by atoms with Crippen LogP contribution in [0.3, 0.4) is 0 Å². The van der Waals surface area contributed by atoms with Crippen molar-refractivity contribution in [2.24, 2.45) is 0 Å². The number of hydrogen-bond donors (Lipinski definition) is 0. The van der Waals surface area contributed by atoms with E-state index < -0.39 is 0 Å². The van der Waals surface area contributed by atoms with E-state index >= 15 is 0 Å². The molecule has 0 bridgehead atoms. The maximum atomic E-state index is 5.60. The average molecular weight is 1150 g/mol. The molecule has 0 spiro atoms. The quantitative estimate of drug-likeness (QED) is 0.154. The SMILES string of the molecule is c1ccc2c(c1)c1cc3c4ccccc4n(-c4nc(-n5c6ccccc6c6ccccc65)nc(-n5c6ccccc6c6ccccc65)n4)c3cc1n2-c1ccnc(-c2nc(-n3c4ccccc4c4ccccc43)nc(-n3c4ccccc4c4ccccc43)n2)n1. The molecule has 9 aromatic heterocycles. The number of fused-ring (bicyclic) bond motifs is 18. The zero-order valence-electron chi connectivity index (χ0n) is 47.7. The van der Waals surface area contributed by atoms with Gasteiger partial charge in [-0.05, 0) is 78.9 Å². The van der Waals surface area contributed by atoms with E-state index in [1.165, 1.54) is 0 Å². The van der Waals surface area contributed by atoms with Crippen molar-refractivity contribution in [3.63, 3.8) is 0 Å². The van der Waals surface area contributed by atoms with Crippen LogP contribution in [0.25, 0.3) is 178 Å². The second-order valence-corrected chi connectivity index (χ2v) is 22.8. The van der Waals surface area contributed by atoms with E-state index in [2.05, 4.69) is 282 Å². The molecule has 9 heterocycles. The first-order chi connectivity index (χ1) is 44.7. The molecule has 0 aliphatic carbocycles. The van der Waals surface area contributed by atoms with Crippen LogP contribution in [0.1, 0.15) is 0 Å². The molecule has 90 heavy (non-hydrogen) atoms. The third-order valence-corrected chi connectivity index (χ3v) is 18.1. The minimum absolute atomic E-state index is 0.316. The molecule has 0 amide bonds. The highest BCUT2D eigenvalue weighted by atomic mass is 15.3. The lowest BCUT2D eigenvalue weighted by atomic mass is 10.1. The fourth-order valence-corrected chi connectivity index (χ4v) is 14.3. The Hall–Kier alpha value is -12.7. The van der Waals surface area contributed by atoms with Gasteiger partial charge in [-0.2, -0.15) is 29.9 Å². The van der Waals surface area contributed by atoms with Crippen LogP contribution in [0, 0.1) is 0 Å². The van der Waals surface area contributed by atoms with E-state index in [1.807, 2.05) is 6.07 Å². The lowest BCUT2D eigenvalue weighted by molar-refractivity contribution is 0.848. The van der Waals surface area contributed by atoms with Gasteiger partial charge in [0, 0.05) is 70.8 Å². The summed E-state index contributed by atoms with van der Waals surface area (Å²) in [6.45, 7) is 0. The van der Waals surface area contributed by atoms with Crippen LogP contribution in [0.2, 0.25) is 0 Å². The summed E-state index contributed by atoms with van der Waals surface area (Å²) in [5.41, 5.74) is 11.6. The summed E-state index contributed by atoms with van der Waals surface area (Å²) in [7, 11) is 0. The molecule has 20 rings (SSSR count). The molecular weight excluding hydrogens is 1110 g/mol. The molecule has 0 atom stereocenters. The van der Waals surface area contributed by atoms with Crippen LogP contribution in [0.4, 0.5) is 0 Å². The fraction of sp³-hybridized carbons (Fsp3) is 0. The standard InChI is InChI=1S/C76H44N14/c1-12-32-58-45(21-1)46-22-2-13-33-59(46)86(58)72-79-71(80-73(81-72)87-60-34-14-3-23-47(60)48-24-4-15-35-61(48)87)70-77-42-41-69(78-70)85-57-31-11-9-29-53(57)55-43-56-54-30-10-20-40-66(54)90(68(56)44-67(55)85)76-83-74(88-62-36-16-5-25-49(62)50-26-6-17-37-63(50)88)82-75(84-76)89-64-38-18-7-27-51(64)52-28-8-19-39-65(52)89/h1-44H. The first-order valence-electron chi connectivity index (χ1n) is 29.9. The van der Waals surface area contributed by atoms with Crippen molar-refractivity contribution in [1.82, 2.24) is 67.3 Å². The molecule has 418 valence electrons. The highest BCUT2D eigenvalue weighted by molar-refractivity contribution is 6.19. The first kappa shape index (κ1) is 48.5. The van der Waals surface area contributed by atoms with Gasteiger partial charge in [0.25, 0.3) is 0 Å². The second kappa shape index (κ2) is 18.4. The van der Waals surface area contributed by atoms with E-state index in [4.69, 9.17) is 39.9 Å². The molecule has 20 aromatic rings. The summed E-state index contributed by atoms with van der Waals surface area (Å²) in [6.07, 6.45) is 1.80. The van der Waals surface area contributed by atoms with Crippen molar-refractivity contribution in [1.29, 1.82) is 0 Å². The van der Waals surface area contributed by atoms with E-state index in [-0.39, 0.29) is 0 Å². The Morgan fingerprint density at radius 2 is 0.411 bits per heavy atom. The van der Waals surface area contributed by atoms with Gasteiger partial charge < -0.3 is 0 Å². The van der Waals surface area contributed by atoms with Gasteiger partial charge in [0.2, 0.25) is 35.6 Å². The van der Waals surface area contributed by atoms with E-state index in [0.29, 0.717) is 47.2 Å². The Labute approximate surface area is 509 Å². The summed E-state index contributed by atoms with van der Waals surface area (Å²) in [4.78, 5) is 43.3. The molecule has 0 saturated carbocycles. The Balaban J connectivity index is 0.840. The molecular formula is C76H44N14. The molecule has 0 unspecified atom stereocenters. The van der Waals surface area contributed by atoms with Crippen LogP contribution in [-0.4, -0.2) is 67.3 Å². The predicted molar refractivity (Wildman–Crippen MR) is 360 cm³/mol. The lowest BCUT2D eigenvalue weighted by Gasteiger charge is -2.14. The summed E-state index contributed by atoms with van der Waals surface area (Å²) >= 11 is 0. The number of rotatable bonds is 7. The summed E-state index contributed by atoms with van der Waals surface area (Å²) in [5.74, 6) is 3.61. The first-order valence-corrected chi connectivity index (χ1v) is 29.9. The third kappa shape index (κ3) is 6.80. The van der Waals surface area contributed by atoms with E-state index in [1.54, 1.807) is 6.20 Å². The van der Waals surface area contributed by atoms with Gasteiger partial charge in [0.15, 0.2) is 5.82 Å². The second-order valence-electron chi connectivity index (χ2n) is 22.8. The fourth-order valence-electron chi connectivity index (χ4n) is 14.3. The zero-order valence-corrected chi connectivity index (χ0v) is 47.7. The van der Waals surface area contributed by atoms with Crippen LogP contribution in [0.5, 0.6) is 0 Å². The molecule has 0 aliphatic heterocycles. The van der Waals surface area contributed by atoms with Gasteiger partial charge in [-0.3, -0.25) is 27.4 Å². The summed E-state index contributed by atoms with van der Waals surface area (Å²) in [6, 6.07) is 91.0. The van der Waals surface area contributed by atoms with Crippen LogP contribution < -0.4 is 0 Å². The largest absolute Gasteiger partial charge is 0.294 e. The van der Waals surface area contributed by atoms with Crippen molar-refractivity contribution in [2.75, 3.05) is 0 Å². The number of hydrogen-bond acceptors (Lipinski definition) is 8. The molecule has 14 heteroatoms. The van der Waals surface area contributed by atoms with Gasteiger partial charge in [0.1, 0.15) is 5.82 Å². The normalized spacial score (nSPS) is 12.2. The number of nitrogens with zero attached hydrogens (tertiary/aromatic N) is 14. The molecule has 14 nitrogen and oxygen atoms in total. The van der Waals surface area contributed by atoms with Gasteiger partial charge in [-0.25, -0.2) is 9.97 Å². The predicted octanol–water partition coefficient (Wildman–Crippen LogP) is 17.1. The van der Waals surface area contributed by atoms with Gasteiger partial charge in [-0.1, -0.05) is 182 Å². The zero-order chi connectivity index (χ0) is 58.7. The van der Waals surface area contributed by atoms with Crippen molar-refractivity contribution in [3.05, 3.63) is 267 Å². The van der Waals surface area contributed by atoms with Crippen LogP contribution in [0.15, 0.2) is 267 Å². The van der Waals surface area contributed by atoms with Crippen LogP contribution >= 0.6 is 0 Å². The third-order valence-electron chi connectivity index (χ3n) is 18.1. The number of aromatic nitrogens is 14. The van der Waals surface area contributed by atoms with Crippen molar-refractivity contribution >= 4 is 131 Å². The maximum absolute atomic E-state index is 5.60. The van der Waals surface area contributed by atoms with Crippen molar-refractivity contribution < 1.29 is 0 Å². The molecule has 11 aromatic carbocycles. The van der Waals surface area contributed by atoms with Gasteiger partial charge in [0.05, 0.1) is 66.2 Å². The number of para-hydroxylation sites is 10. The highest BCUT2D eigenvalue weighted by Gasteiger charge is 2.27. The van der Waals surface area contributed by atoms with Crippen LogP contribution in [-0.2, 0) is 0 Å². The molecule has 0 fully saturated rings. The van der Waals surface area contributed by atoms with Gasteiger partial charge in [-0.15, -0.1) is 0 Å². The minimum Gasteiger partial charge on any atom is -0.294 e.